The maximum atomic E-state index is 5.51. The Morgan fingerprint density at radius 3 is 2.38 bits per heavy atom. The molecule has 2 N–H and O–H groups in total. The van der Waals surface area contributed by atoms with Gasteiger partial charge in [0.25, 0.3) is 0 Å². The molecule has 1 rings (SSSR count). The fourth-order valence-corrected chi connectivity index (χ4v) is 0.955. The highest BCUT2D eigenvalue weighted by Crippen LogP contribution is 2.10. The minimum atomic E-state index is 0. The van der Waals surface area contributed by atoms with Crippen LogP contribution in [-0.4, -0.2) is 17.6 Å². The maximum absolute atomic E-state index is 5.51. The number of hydrogen-bond donors (Lipinski definition) is 1. The smallest absolute Gasteiger partial charge is 0.0213 e. The molecule has 2 nitrogen and oxygen atoms in total. The lowest BCUT2D eigenvalue weighted by atomic mass is 10.3. The number of nitrogens with two attached hydrogens (primary N) is 1. The standard InChI is InChI=1S/C5H12N2.ClH/c1-5-3-2-4-7(5)6;/h5H,2-4,6H2,1H3;1H. The first kappa shape index (κ1) is 8.21. The average Bonchev–Trinajstić information content (AvgIpc) is 1.91. The van der Waals surface area contributed by atoms with E-state index in [1.54, 1.807) is 0 Å². The number of rotatable bonds is 0. The monoisotopic (exact) mass is 136 g/mol. The van der Waals surface area contributed by atoms with Crippen LogP contribution < -0.4 is 5.84 Å². The van der Waals surface area contributed by atoms with Crippen molar-refractivity contribution in [3.8, 4) is 0 Å². The van der Waals surface area contributed by atoms with Crippen LogP contribution in [0.4, 0.5) is 0 Å². The van der Waals surface area contributed by atoms with Gasteiger partial charge in [-0.3, -0.25) is 5.84 Å². The van der Waals surface area contributed by atoms with E-state index in [2.05, 4.69) is 6.92 Å². The topological polar surface area (TPSA) is 29.3 Å². The Morgan fingerprint density at radius 1 is 1.62 bits per heavy atom. The summed E-state index contributed by atoms with van der Waals surface area (Å²) in [7, 11) is 0. The zero-order chi connectivity index (χ0) is 5.28. The van der Waals surface area contributed by atoms with E-state index in [-0.39, 0.29) is 12.4 Å². The molecule has 0 saturated carbocycles. The third-order valence-electron chi connectivity index (χ3n) is 1.60. The average molecular weight is 137 g/mol. The predicted octanol–water partition coefficient (Wildman–Crippen LogP) is 0.766. The SMILES string of the molecule is CC1CCCN1N.Cl. The minimum Gasteiger partial charge on any atom is -0.269 e. The molecule has 0 aromatic rings. The van der Waals surface area contributed by atoms with Gasteiger partial charge in [0.2, 0.25) is 0 Å². The summed E-state index contributed by atoms with van der Waals surface area (Å²) >= 11 is 0. The molecule has 1 aliphatic heterocycles. The van der Waals surface area contributed by atoms with Crippen LogP contribution in [-0.2, 0) is 0 Å². The third kappa shape index (κ3) is 1.62. The molecule has 1 aliphatic rings. The summed E-state index contributed by atoms with van der Waals surface area (Å²) in [5.74, 6) is 5.51. The molecule has 0 bridgehead atoms. The summed E-state index contributed by atoms with van der Waals surface area (Å²) in [5.41, 5.74) is 0. The molecule has 1 heterocycles. The van der Waals surface area contributed by atoms with Crippen molar-refractivity contribution in [1.82, 2.24) is 5.01 Å². The van der Waals surface area contributed by atoms with Gasteiger partial charge >= 0.3 is 0 Å². The third-order valence-corrected chi connectivity index (χ3v) is 1.60. The van der Waals surface area contributed by atoms with Gasteiger partial charge in [0.15, 0.2) is 0 Å². The number of halogens is 1. The van der Waals surface area contributed by atoms with Crippen LogP contribution in [0, 0.1) is 0 Å². The van der Waals surface area contributed by atoms with E-state index in [0.29, 0.717) is 6.04 Å². The molecule has 0 radical (unpaired) electrons. The summed E-state index contributed by atoms with van der Waals surface area (Å²) in [4.78, 5) is 0. The highest BCUT2D eigenvalue weighted by Gasteiger charge is 2.15. The van der Waals surface area contributed by atoms with Gasteiger partial charge in [-0.1, -0.05) is 0 Å². The second-order valence-corrected chi connectivity index (χ2v) is 2.23. The Bertz CT molecular complexity index is 59.4. The van der Waals surface area contributed by atoms with E-state index in [1.807, 2.05) is 5.01 Å². The van der Waals surface area contributed by atoms with Crippen LogP contribution >= 0.6 is 12.4 Å². The van der Waals surface area contributed by atoms with Crippen molar-refractivity contribution >= 4 is 12.4 Å². The van der Waals surface area contributed by atoms with Crippen LogP contribution in [0.25, 0.3) is 0 Å². The summed E-state index contributed by atoms with van der Waals surface area (Å²) < 4.78 is 0. The lowest BCUT2D eigenvalue weighted by molar-refractivity contribution is 0.278. The zero-order valence-electron chi connectivity index (χ0n) is 5.13. The van der Waals surface area contributed by atoms with Crippen molar-refractivity contribution in [2.45, 2.75) is 25.8 Å². The van der Waals surface area contributed by atoms with Crippen LogP contribution in [0.1, 0.15) is 19.8 Å². The molecular formula is C5H13ClN2. The molecule has 0 aromatic heterocycles. The first-order valence-electron chi connectivity index (χ1n) is 2.82. The van der Waals surface area contributed by atoms with Crippen molar-refractivity contribution < 1.29 is 0 Å². The summed E-state index contributed by atoms with van der Waals surface area (Å²) in [6, 6.07) is 0.625. The molecule has 8 heavy (non-hydrogen) atoms. The summed E-state index contributed by atoms with van der Waals surface area (Å²) in [6.07, 6.45) is 2.55. The Balaban J connectivity index is 0.000000490. The lowest BCUT2D eigenvalue weighted by Gasteiger charge is -2.11. The molecule has 0 aliphatic carbocycles. The Morgan fingerprint density at radius 2 is 2.25 bits per heavy atom. The van der Waals surface area contributed by atoms with Crippen LogP contribution in [0.15, 0.2) is 0 Å². The minimum absolute atomic E-state index is 0. The number of hydrazine groups is 1. The Kier molecular flexibility index (Phi) is 3.36. The first-order valence-corrected chi connectivity index (χ1v) is 2.82. The van der Waals surface area contributed by atoms with Gasteiger partial charge in [-0.15, -0.1) is 12.4 Å². The normalized spacial score (nSPS) is 30.0. The van der Waals surface area contributed by atoms with Gasteiger partial charge < -0.3 is 0 Å². The molecule has 3 heteroatoms. The van der Waals surface area contributed by atoms with Crippen molar-refractivity contribution in [3.05, 3.63) is 0 Å². The largest absolute Gasteiger partial charge is 0.269 e. The summed E-state index contributed by atoms with van der Waals surface area (Å²) in [5, 5.41) is 1.90. The maximum Gasteiger partial charge on any atom is 0.0213 e. The highest BCUT2D eigenvalue weighted by atomic mass is 35.5. The molecule has 1 fully saturated rings. The highest BCUT2D eigenvalue weighted by molar-refractivity contribution is 5.85. The van der Waals surface area contributed by atoms with Crippen molar-refractivity contribution in [2.75, 3.05) is 6.54 Å². The Hall–Kier alpha value is 0.210. The molecule has 1 saturated heterocycles. The van der Waals surface area contributed by atoms with Crippen LogP contribution in [0.2, 0.25) is 0 Å². The van der Waals surface area contributed by atoms with Gasteiger partial charge in [0.1, 0.15) is 0 Å². The first-order chi connectivity index (χ1) is 3.30. The van der Waals surface area contributed by atoms with E-state index < -0.39 is 0 Å². The lowest BCUT2D eigenvalue weighted by Crippen LogP contribution is -2.33. The van der Waals surface area contributed by atoms with Gasteiger partial charge in [0, 0.05) is 12.6 Å². The van der Waals surface area contributed by atoms with Crippen molar-refractivity contribution in [2.24, 2.45) is 5.84 Å². The van der Waals surface area contributed by atoms with Crippen LogP contribution in [0.5, 0.6) is 0 Å². The van der Waals surface area contributed by atoms with E-state index in [9.17, 15) is 0 Å². The molecule has 0 amide bonds. The van der Waals surface area contributed by atoms with E-state index in [0.717, 1.165) is 6.54 Å². The van der Waals surface area contributed by atoms with E-state index in [1.165, 1.54) is 12.8 Å². The molecule has 1 unspecified atom stereocenters. The quantitative estimate of drug-likeness (QED) is 0.499. The molecular weight excluding hydrogens is 124 g/mol. The van der Waals surface area contributed by atoms with Gasteiger partial charge in [-0.2, -0.15) is 0 Å². The second kappa shape index (κ2) is 3.28. The zero-order valence-corrected chi connectivity index (χ0v) is 5.95. The fraction of sp³-hybridized carbons (Fsp3) is 1.00. The van der Waals surface area contributed by atoms with Gasteiger partial charge in [-0.05, 0) is 19.8 Å². The molecule has 0 aromatic carbocycles. The van der Waals surface area contributed by atoms with Gasteiger partial charge in [0.05, 0.1) is 0 Å². The van der Waals surface area contributed by atoms with E-state index >= 15 is 0 Å². The fourth-order valence-electron chi connectivity index (χ4n) is 0.955. The van der Waals surface area contributed by atoms with E-state index in [4.69, 9.17) is 5.84 Å². The summed E-state index contributed by atoms with van der Waals surface area (Å²) in [6.45, 7) is 3.24. The van der Waals surface area contributed by atoms with Gasteiger partial charge in [-0.25, -0.2) is 5.01 Å². The van der Waals surface area contributed by atoms with Crippen molar-refractivity contribution in [3.63, 3.8) is 0 Å². The second-order valence-electron chi connectivity index (χ2n) is 2.23. The number of hydrogen-bond acceptors (Lipinski definition) is 2. The predicted molar refractivity (Wildman–Crippen MR) is 36.8 cm³/mol. The molecule has 0 spiro atoms. The molecule has 50 valence electrons. The van der Waals surface area contributed by atoms with Crippen molar-refractivity contribution in [1.29, 1.82) is 0 Å². The molecule has 1 atom stereocenters. The van der Waals surface area contributed by atoms with Crippen LogP contribution in [0.3, 0.4) is 0 Å². The number of nitrogens with zero attached hydrogens (tertiary/aromatic N) is 1. The Labute approximate surface area is 56.4 Å².